The van der Waals surface area contributed by atoms with Gasteiger partial charge in [0.05, 0.1) is 5.56 Å². The second-order valence-corrected chi connectivity index (χ2v) is 9.96. The van der Waals surface area contributed by atoms with E-state index in [0.717, 1.165) is 30.9 Å². The SMILES string of the molecule is O=C(NCC(Cc1ccc(F)cc1)C12CC(Nc3cccc(C(F)(F)F)n3)(C1)C2)c1ccccc1O. The molecule has 3 saturated carbocycles. The third kappa shape index (κ3) is 4.62. The van der Waals surface area contributed by atoms with Gasteiger partial charge in [-0.25, -0.2) is 9.37 Å². The van der Waals surface area contributed by atoms with E-state index in [9.17, 15) is 27.5 Å². The van der Waals surface area contributed by atoms with E-state index in [1.807, 2.05) is 0 Å². The highest BCUT2D eigenvalue weighted by Crippen LogP contribution is 2.71. The third-order valence-electron chi connectivity index (χ3n) is 7.42. The van der Waals surface area contributed by atoms with Gasteiger partial charge in [-0.15, -0.1) is 0 Å². The standard InChI is InChI=1S/C27H25F4N3O2/c28-19-10-8-17(9-11-19)12-18(13-32-24(36)20-4-1-2-5-21(20)35)25-14-26(15-25,16-25)34-23-7-3-6-22(33-23)27(29,30)31/h1-11,18,35H,12-16H2,(H,32,36)(H,33,34). The van der Waals surface area contributed by atoms with Gasteiger partial charge in [0.15, 0.2) is 0 Å². The summed E-state index contributed by atoms with van der Waals surface area (Å²) in [5.41, 5.74) is -0.238. The fraction of sp³-hybridized carbons (Fsp3) is 0.333. The van der Waals surface area contributed by atoms with Crippen LogP contribution < -0.4 is 10.6 Å². The largest absolute Gasteiger partial charge is 0.507 e. The number of phenolic OH excluding ortho intramolecular Hbond substituents is 1. The predicted octanol–water partition coefficient (Wildman–Crippen LogP) is 5.57. The molecule has 1 atom stereocenters. The van der Waals surface area contributed by atoms with E-state index in [4.69, 9.17) is 0 Å². The van der Waals surface area contributed by atoms with Gasteiger partial charge in [-0.05, 0) is 79.0 Å². The molecule has 6 rings (SSSR count). The van der Waals surface area contributed by atoms with Crippen molar-refractivity contribution in [2.75, 3.05) is 11.9 Å². The molecule has 0 aliphatic heterocycles. The first-order chi connectivity index (χ1) is 17.1. The second-order valence-electron chi connectivity index (χ2n) is 9.96. The number of nitrogens with one attached hydrogen (secondary N) is 2. The molecule has 0 saturated heterocycles. The monoisotopic (exact) mass is 499 g/mol. The number of pyridine rings is 1. The zero-order valence-corrected chi connectivity index (χ0v) is 19.3. The van der Waals surface area contributed by atoms with E-state index in [-0.39, 0.29) is 45.7 Å². The van der Waals surface area contributed by atoms with Crippen LogP contribution in [-0.4, -0.2) is 28.1 Å². The molecule has 3 N–H and O–H groups in total. The van der Waals surface area contributed by atoms with E-state index in [0.29, 0.717) is 13.0 Å². The molecule has 1 heterocycles. The average Bonchev–Trinajstić information content (AvgIpc) is 2.79. The Bertz CT molecular complexity index is 1260. The van der Waals surface area contributed by atoms with Crippen LogP contribution in [0.4, 0.5) is 23.4 Å². The van der Waals surface area contributed by atoms with E-state index >= 15 is 0 Å². The number of aromatic nitrogens is 1. The Balaban J connectivity index is 1.28. The lowest BCUT2D eigenvalue weighted by atomic mass is 9.35. The van der Waals surface area contributed by atoms with E-state index in [2.05, 4.69) is 15.6 Å². The predicted molar refractivity (Wildman–Crippen MR) is 126 cm³/mol. The fourth-order valence-electron chi connectivity index (χ4n) is 5.75. The molecular weight excluding hydrogens is 474 g/mol. The van der Waals surface area contributed by atoms with Crippen LogP contribution in [0.3, 0.4) is 0 Å². The van der Waals surface area contributed by atoms with E-state index < -0.39 is 11.9 Å². The molecular formula is C27H25F4N3O2. The zero-order chi connectivity index (χ0) is 25.6. The molecule has 0 radical (unpaired) electrons. The highest BCUT2D eigenvalue weighted by molar-refractivity contribution is 5.96. The molecule has 3 aliphatic carbocycles. The van der Waals surface area contributed by atoms with E-state index in [1.54, 1.807) is 30.3 Å². The number of rotatable bonds is 8. The maximum atomic E-state index is 13.4. The molecule has 188 valence electrons. The molecule has 0 spiro atoms. The number of benzene rings is 2. The molecule has 2 bridgehead atoms. The minimum Gasteiger partial charge on any atom is -0.507 e. The summed E-state index contributed by atoms with van der Waals surface area (Å²) in [6.45, 7) is 0.350. The number of hydrogen-bond acceptors (Lipinski definition) is 4. The van der Waals surface area contributed by atoms with Crippen LogP contribution in [0.5, 0.6) is 5.75 Å². The Morgan fingerprint density at radius 1 is 1.00 bits per heavy atom. The van der Waals surface area contributed by atoms with Gasteiger partial charge >= 0.3 is 6.18 Å². The minimum absolute atomic E-state index is 0.0240. The summed E-state index contributed by atoms with van der Waals surface area (Å²) in [7, 11) is 0. The van der Waals surface area contributed by atoms with Crippen molar-refractivity contribution < 1.29 is 27.5 Å². The first kappa shape index (κ1) is 24.1. The summed E-state index contributed by atoms with van der Waals surface area (Å²) >= 11 is 0. The third-order valence-corrected chi connectivity index (χ3v) is 7.42. The number of aromatic hydroxyl groups is 1. The number of alkyl halides is 3. The van der Waals surface area contributed by atoms with Crippen molar-refractivity contribution in [3.63, 3.8) is 0 Å². The molecule has 2 aromatic carbocycles. The number of para-hydroxylation sites is 1. The topological polar surface area (TPSA) is 74.2 Å². The fourth-order valence-corrected chi connectivity index (χ4v) is 5.75. The Labute approximate surface area is 205 Å². The van der Waals surface area contributed by atoms with Crippen molar-refractivity contribution in [2.45, 2.75) is 37.4 Å². The molecule has 3 fully saturated rings. The molecule has 9 heteroatoms. The van der Waals surface area contributed by atoms with Crippen LogP contribution >= 0.6 is 0 Å². The summed E-state index contributed by atoms with van der Waals surface area (Å²) in [5, 5.41) is 16.1. The smallest absolute Gasteiger partial charge is 0.433 e. The normalized spacial score (nSPS) is 23.2. The van der Waals surface area contributed by atoms with Gasteiger partial charge in [-0.1, -0.05) is 30.3 Å². The van der Waals surface area contributed by atoms with Crippen LogP contribution in [0.15, 0.2) is 66.7 Å². The van der Waals surface area contributed by atoms with Crippen molar-refractivity contribution in [1.29, 1.82) is 0 Å². The van der Waals surface area contributed by atoms with Crippen LogP contribution in [-0.2, 0) is 12.6 Å². The van der Waals surface area contributed by atoms with Crippen LogP contribution in [0.1, 0.15) is 40.9 Å². The summed E-state index contributed by atoms with van der Waals surface area (Å²) in [5.74, 6) is -0.598. The number of nitrogens with zero attached hydrogens (tertiary/aromatic N) is 1. The van der Waals surface area contributed by atoms with Gasteiger partial charge < -0.3 is 15.7 Å². The molecule has 5 nitrogen and oxygen atoms in total. The maximum Gasteiger partial charge on any atom is 0.433 e. The van der Waals surface area contributed by atoms with Gasteiger partial charge in [0.1, 0.15) is 23.1 Å². The van der Waals surface area contributed by atoms with Crippen molar-refractivity contribution in [3.8, 4) is 5.75 Å². The van der Waals surface area contributed by atoms with Crippen molar-refractivity contribution >= 4 is 11.7 Å². The Kier molecular flexibility index (Phi) is 5.89. The first-order valence-corrected chi connectivity index (χ1v) is 11.7. The highest BCUT2D eigenvalue weighted by Gasteiger charge is 2.70. The van der Waals surface area contributed by atoms with Crippen molar-refractivity contribution in [2.24, 2.45) is 11.3 Å². The Morgan fingerprint density at radius 2 is 1.69 bits per heavy atom. The molecule has 3 aromatic rings. The maximum absolute atomic E-state index is 13.4. The number of carbonyl (C=O) groups excluding carboxylic acids is 1. The minimum atomic E-state index is -4.51. The number of phenols is 1. The molecule has 1 unspecified atom stereocenters. The van der Waals surface area contributed by atoms with Crippen LogP contribution in [0.2, 0.25) is 0 Å². The van der Waals surface area contributed by atoms with Gasteiger partial charge in [0.2, 0.25) is 0 Å². The number of anilines is 1. The summed E-state index contributed by atoms with van der Waals surface area (Å²) in [6, 6.07) is 16.4. The number of halogens is 4. The molecule has 36 heavy (non-hydrogen) atoms. The van der Waals surface area contributed by atoms with Crippen LogP contribution in [0.25, 0.3) is 0 Å². The summed E-state index contributed by atoms with van der Waals surface area (Å²) in [4.78, 5) is 16.4. The lowest BCUT2D eigenvalue weighted by Gasteiger charge is -2.73. The van der Waals surface area contributed by atoms with E-state index in [1.165, 1.54) is 30.3 Å². The first-order valence-electron chi connectivity index (χ1n) is 11.7. The average molecular weight is 500 g/mol. The van der Waals surface area contributed by atoms with Gasteiger partial charge in [-0.3, -0.25) is 4.79 Å². The number of amides is 1. The lowest BCUT2D eigenvalue weighted by molar-refractivity contribution is -0.158. The molecule has 1 amide bonds. The lowest BCUT2D eigenvalue weighted by Crippen LogP contribution is -2.74. The summed E-state index contributed by atoms with van der Waals surface area (Å²) < 4.78 is 52.5. The molecule has 1 aromatic heterocycles. The quantitative estimate of drug-likeness (QED) is 0.355. The summed E-state index contributed by atoms with van der Waals surface area (Å²) in [6.07, 6.45) is -1.70. The van der Waals surface area contributed by atoms with Gasteiger partial charge in [0.25, 0.3) is 5.91 Å². The highest BCUT2D eigenvalue weighted by atomic mass is 19.4. The molecule has 3 aliphatic rings. The second kappa shape index (κ2) is 8.80. The Morgan fingerprint density at radius 3 is 2.36 bits per heavy atom. The van der Waals surface area contributed by atoms with Gasteiger partial charge in [-0.2, -0.15) is 13.2 Å². The Hall–Kier alpha value is -3.62. The number of carbonyl (C=O) groups is 1. The van der Waals surface area contributed by atoms with Crippen molar-refractivity contribution in [3.05, 3.63) is 89.4 Å². The zero-order valence-electron chi connectivity index (χ0n) is 19.3. The van der Waals surface area contributed by atoms with Crippen LogP contribution in [0, 0.1) is 17.2 Å². The van der Waals surface area contributed by atoms with Gasteiger partial charge in [0, 0.05) is 12.1 Å². The number of hydrogen-bond donors (Lipinski definition) is 3. The van der Waals surface area contributed by atoms with Crippen molar-refractivity contribution in [1.82, 2.24) is 10.3 Å².